The molecule has 5 heteroatoms. The number of methoxy groups -OCH3 is 2. The molecule has 4 nitrogen and oxygen atoms in total. The summed E-state index contributed by atoms with van der Waals surface area (Å²) in [7, 11) is 2.96. The number of alkyl halides is 1. The van der Waals surface area contributed by atoms with Crippen LogP contribution in [-0.4, -0.2) is 31.7 Å². The molecule has 0 N–H and O–H groups in total. The van der Waals surface area contributed by atoms with Gasteiger partial charge < -0.3 is 9.47 Å². The van der Waals surface area contributed by atoms with Crippen LogP contribution in [0.3, 0.4) is 0 Å². The summed E-state index contributed by atoms with van der Waals surface area (Å²) in [5.74, 6) is -0.714. The van der Waals surface area contributed by atoms with Crippen molar-refractivity contribution in [2.75, 3.05) is 20.1 Å². The molecule has 0 saturated heterocycles. The molecule has 92 valence electrons. The fourth-order valence-electron chi connectivity index (χ4n) is 1.55. The molecule has 0 aliphatic carbocycles. The highest BCUT2D eigenvalue weighted by Crippen LogP contribution is 2.31. The van der Waals surface area contributed by atoms with Crippen molar-refractivity contribution in [2.24, 2.45) is 0 Å². The first kappa shape index (κ1) is 13.5. The van der Waals surface area contributed by atoms with E-state index in [0.29, 0.717) is 17.1 Å². The Balaban J connectivity index is 3.31. The van der Waals surface area contributed by atoms with E-state index in [2.05, 4.69) is 0 Å². The van der Waals surface area contributed by atoms with Crippen molar-refractivity contribution >= 4 is 23.2 Å². The van der Waals surface area contributed by atoms with Crippen LogP contribution in [0.2, 0.25) is 0 Å². The van der Waals surface area contributed by atoms with Crippen LogP contribution >= 0.6 is 11.6 Å². The zero-order valence-corrected chi connectivity index (χ0v) is 10.6. The summed E-state index contributed by atoms with van der Waals surface area (Å²) in [6.07, 6.45) is 0. The van der Waals surface area contributed by atoms with Crippen molar-refractivity contribution in [3.05, 3.63) is 23.3 Å². The third kappa shape index (κ3) is 2.58. The number of halogens is 1. The number of hydrogen-bond donors (Lipinski definition) is 0. The Morgan fingerprint density at radius 3 is 2.35 bits per heavy atom. The van der Waals surface area contributed by atoms with Crippen LogP contribution in [0.25, 0.3) is 0 Å². The molecule has 0 heterocycles. The molecule has 0 radical (unpaired) electrons. The van der Waals surface area contributed by atoms with Crippen LogP contribution in [0.1, 0.15) is 15.9 Å². The van der Waals surface area contributed by atoms with Crippen molar-refractivity contribution in [1.29, 1.82) is 0 Å². The van der Waals surface area contributed by atoms with Crippen LogP contribution in [0.5, 0.6) is 11.5 Å². The molecule has 0 saturated carbocycles. The normalized spacial score (nSPS) is 9.88. The van der Waals surface area contributed by atoms with Crippen LogP contribution < -0.4 is 9.47 Å². The molecule has 0 aromatic heterocycles. The summed E-state index contributed by atoms with van der Waals surface area (Å²) in [6.45, 7) is 1.75. The van der Waals surface area contributed by atoms with E-state index in [9.17, 15) is 9.59 Å². The standard InChI is InChI=1S/C12H13ClO4/c1-7-10(16-2)5-4-8(12(7)17-3)11(15)9(14)6-13/h4-5H,6H2,1-3H3. The lowest BCUT2D eigenvalue weighted by Gasteiger charge is -2.12. The summed E-state index contributed by atoms with van der Waals surface area (Å²) >= 11 is 5.35. The summed E-state index contributed by atoms with van der Waals surface area (Å²) in [6, 6.07) is 3.12. The van der Waals surface area contributed by atoms with Crippen LogP contribution in [-0.2, 0) is 4.79 Å². The molecule has 0 spiro atoms. The number of Topliss-reactive ketones (excluding diaryl/α,β-unsaturated/α-hetero) is 2. The van der Waals surface area contributed by atoms with E-state index >= 15 is 0 Å². The molecule has 0 fully saturated rings. The maximum atomic E-state index is 11.8. The van der Waals surface area contributed by atoms with E-state index in [4.69, 9.17) is 21.1 Å². The molecule has 1 aromatic rings. The van der Waals surface area contributed by atoms with Gasteiger partial charge in [-0.1, -0.05) is 0 Å². The first-order chi connectivity index (χ1) is 8.06. The molecular formula is C12H13ClO4. The van der Waals surface area contributed by atoms with E-state index in [1.54, 1.807) is 13.0 Å². The number of carbonyl (C=O) groups excluding carboxylic acids is 2. The summed E-state index contributed by atoms with van der Waals surface area (Å²) in [4.78, 5) is 23.0. The van der Waals surface area contributed by atoms with E-state index in [1.165, 1.54) is 20.3 Å². The first-order valence-electron chi connectivity index (χ1n) is 4.91. The minimum Gasteiger partial charge on any atom is -0.496 e. The van der Waals surface area contributed by atoms with Gasteiger partial charge in [0.2, 0.25) is 11.6 Å². The lowest BCUT2D eigenvalue weighted by Crippen LogP contribution is -2.16. The van der Waals surface area contributed by atoms with Crippen molar-refractivity contribution < 1.29 is 19.1 Å². The van der Waals surface area contributed by atoms with Crippen LogP contribution in [0, 0.1) is 6.92 Å². The van der Waals surface area contributed by atoms with Gasteiger partial charge in [-0.25, -0.2) is 0 Å². The Labute approximate surface area is 104 Å². The Morgan fingerprint density at radius 1 is 1.24 bits per heavy atom. The highest BCUT2D eigenvalue weighted by atomic mass is 35.5. The van der Waals surface area contributed by atoms with E-state index in [-0.39, 0.29) is 11.4 Å². The highest BCUT2D eigenvalue weighted by Gasteiger charge is 2.21. The van der Waals surface area contributed by atoms with Gasteiger partial charge in [0.1, 0.15) is 11.5 Å². The Hall–Kier alpha value is -1.55. The van der Waals surface area contributed by atoms with Gasteiger partial charge in [0.05, 0.1) is 25.7 Å². The zero-order valence-electron chi connectivity index (χ0n) is 9.87. The molecule has 0 aliphatic rings. The highest BCUT2D eigenvalue weighted by molar-refractivity contribution is 6.51. The SMILES string of the molecule is COc1ccc(C(=O)C(=O)CCl)c(OC)c1C. The molecule has 0 unspecified atom stereocenters. The number of hydrogen-bond acceptors (Lipinski definition) is 4. The van der Waals surface area contributed by atoms with Crippen molar-refractivity contribution in [3.63, 3.8) is 0 Å². The fourth-order valence-corrected chi connectivity index (χ4v) is 1.67. The molecule has 0 atom stereocenters. The van der Waals surface area contributed by atoms with Crippen molar-refractivity contribution in [3.8, 4) is 11.5 Å². The zero-order chi connectivity index (χ0) is 13.0. The number of rotatable bonds is 5. The maximum absolute atomic E-state index is 11.8. The third-order valence-corrected chi connectivity index (χ3v) is 2.64. The van der Waals surface area contributed by atoms with Gasteiger partial charge in [-0.3, -0.25) is 9.59 Å². The smallest absolute Gasteiger partial charge is 0.233 e. The Bertz CT molecular complexity index is 454. The minimum atomic E-state index is -0.658. The van der Waals surface area contributed by atoms with E-state index in [1.807, 2.05) is 0 Å². The van der Waals surface area contributed by atoms with E-state index < -0.39 is 11.6 Å². The average molecular weight is 257 g/mol. The number of carbonyl (C=O) groups is 2. The molecule has 1 rings (SSSR count). The van der Waals surface area contributed by atoms with Crippen LogP contribution in [0.4, 0.5) is 0 Å². The maximum Gasteiger partial charge on any atom is 0.233 e. The van der Waals surface area contributed by atoms with Gasteiger partial charge in [-0.2, -0.15) is 0 Å². The lowest BCUT2D eigenvalue weighted by molar-refractivity contribution is -0.112. The van der Waals surface area contributed by atoms with Crippen LogP contribution in [0.15, 0.2) is 12.1 Å². The number of ketones is 2. The number of ether oxygens (including phenoxy) is 2. The summed E-state index contributed by atoms with van der Waals surface area (Å²) in [5, 5.41) is 0. The number of benzene rings is 1. The molecule has 17 heavy (non-hydrogen) atoms. The third-order valence-electron chi connectivity index (χ3n) is 2.40. The lowest BCUT2D eigenvalue weighted by atomic mass is 10.0. The molecule has 1 aromatic carbocycles. The van der Waals surface area contributed by atoms with Crippen molar-refractivity contribution in [2.45, 2.75) is 6.92 Å². The summed E-state index contributed by atoms with van der Waals surface area (Å²) < 4.78 is 10.2. The predicted molar refractivity (Wildman–Crippen MR) is 64.3 cm³/mol. The second-order valence-electron chi connectivity index (χ2n) is 3.36. The molecule has 0 aliphatic heterocycles. The quantitative estimate of drug-likeness (QED) is 0.459. The summed E-state index contributed by atoms with van der Waals surface area (Å²) in [5.41, 5.74) is 0.875. The molecular weight excluding hydrogens is 244 g/mol. The first-order valence-corrected chi connectivity index (χ1v) is 5.45. The van der Waals surface area contributed by atoms with Gasteiger partial charge in [-0.05, 0) is 19.1 Å². The monoisotopic (exact) mass is 256 g/mol. The van der Waals surface area contributed by atoms with Crippen molar-refractivity contribution in [1.82, 2.24) is 0 Å². The largest absolute Gasteiger partial charge is 0.496 e. The second kappa shape index (κ2) is 5.68. The van der Waals surface area contributed by atoms with Gasteiger partial charge in [0.15, 0.2) is 0 Å². The predicted octanol–water partition coefficient (Wildman–Crippen LogP) is 2.00. The van der Waals surface area contributed by atoms with Gasteiger partial charge in [-0.15, -0.1) is 11.6 Å². The fraction of sp³-hybridized carbons (Fsp3) is 0.333. The van der Waals surface area contributed by atoms with E-state index in [0.717, 1.165) is 0 Å². The Kier molecular flexibility index (Phi) is 4.52. The van der Waals surface area contributed by atoms with Gasteiger partial charge >= 0.3 is 0 Å². The molecule has 0 bridgehead atoms. The topological polar surface area (TPSA) is 52.6 Å². The molecule has 0 amide bonds. The van der Waals surface area contributed by atoms with Gasteiger partial charge in [0, 0.05) is 5.56 Å². The minimum absolute atomic E-state index is 0.205. The van der Waals surface area contributed by atoms with Gasteiger partial charge in [0.25, 0.3) is 0 Å². The Morgan fingerprint density at radius 2 is 1.88 bits per heavy atom. The second-order valence-corrected chi connectivity index (χ2v) is 3.63. The average Bonchev–Trinajstić information content (AvgIpc) is 2.36.